The number of ether oxygens (including phenoxy) is 1. The van der Waals surface area contributed by atoms with Crippen LogP contribution in [0.15, 0.2) is 48.5 Å². The van der Waals surface area contributed by atoms with Crippen LogP contribution in [-0.4, -0.2) is 11.2 Å². The van der Waals surface area contributed by atoms with Crippen molar-refractivity contribution in [3.8, 4) is 5.75 Å². The van der Waals surface area contributed by atoms with Crippen LogP contribution in [0.3, 0.4) is 0 Å². The summed E-state index contributed by atoms with van der Waals surface area (Å²) in [6.45, 7) is 3.86. The van der Waals surface area contributed by atoms with Crippen molar-refractivity contribution in [1.82, 2.24) is 0 Å². The highest BCUT2D eigenvalue weighted by Gasteiger charge is 2.15. The number of aliphatic hydroxyl groups excluding tert-OH is 1. The monoisotopic (exact) mass is 260 g/mol. The zero-order chi connectivity index (χ0) is 13.8. The van der Waals surface area contributed by atoms with E-state index in [0.717, 1.165) is 0 Å². The van der Waals surface area contributed by atoms with Crippen molar-refractivity contribution in [3.05, 3.63) is 65.5 Å². The van der Waals surface area contributed by atoms with Crippen molar-refractivity contribution in [2.75, 3.05) is 0 Å². The normalized spacial score (nSPS) is 12.5. The Morgan fingerprint density at radius 2 is 1.63 bits per heavy atom. The highest BCUT2D eigenvalue weighted by atomic mass is 19.1. The third kappa shape index (κ3) is 3.32. The third-order valence-electron chi connectivity index (χ3n) is 2.76. The Bertz CT molecular complexity index is 535. The maximum atomic E-state index is 12.9. The number of rotatable bonds is 4. The molecule has 1 atom stereocenters. The van der Waals surface area contributed by atoms with Crippen LogP contribution in [0.5, 0.6) is 5.75 Å². The fourth-order valence-electron chi connectivity index (χ4n) is 1.89. The van der Waals surface area contributed by atoms with E-state index in [1.165, 1.54) is 12.1 Å². The third-order valence-corrected chi connectivity index (χ3v) is 2.76. The summed E-state index contributed by atoms with van der Waals surface area (Å²) in [5.74, 6) is 0.331. The quantitative estimate of drug-likeness (QED) is 0.908. The molecule has 0 bridgehead atoms. The summed E-state index contributed by atoms with van der Waals surface area (Å²) in [7, 11) is 0. The molecule has 1 N–H and O–H groups in total. The molecule has 0 amide bonds. The minimum Gasteiger partial charge on any atom is -0.491 e. The molecule has 0 spiro atoms. The lowest BCUT2D eigenvalue weighted by Crippen LogP contribution is -2.09. The minimum atomic E-state index is -0.824. The largest absolute Gasteiger partial charge is 0.491 e. The van der Waals surface area contributed by atoms with Crippen molar-refractivity contribution in [2.24, 2.45) is 0 Å². The average molecular weight is 260 g/mol. The van der Waals surface area contributed by atoms with Crippen LogP contribution >= 0.6 is 0 Å². The molecule has 0 aromatic heterocycles. The molecule has 2 rings (SSSR count). The van der Waals surface area contributed by atoms with Crippen molar-refractivity contribution < 1.29 is 14.2 Å². The van der Waals surface area contributed by atoms with Gasteiger partial charge in [0.05, 0.1) is 6.10 Å². The summed E-state index contributed by atoms with van der Waals surface area (Å²) in [5.41, 5.74) is 1.32. The van der Waals surface area contributed by atoms with E-state index in [1.54, 1.807) is 12.1 Å². The molecule has 0 aliphatic carbocycles. The van der Waals surface area contributed by atoms with Gasteiger partial charge < -0.3 is 9.84 Å². The van der Waals surface area contributed by atoms with Gasteiger partial charge in [-0.2, -0.15) is 0 Å². The Kier molecular flexibility index (Phi) is 4.17. The van der Waals surface area contributed by atoms with E-state index < -0.39 is 6.10 Å². The standard InChI is InChI=1S/C16H17FO2/c1-11(2)19-15-6-4-3-5-14(15)16(18)12-7-9-13(17)10-8-12/h3-11,16,18H,1-2H3. The molecule has 2 aromatic carbocycles. The van der Waals surface area contributed by atoms with Gasteiger partial charge in [0.25, 0.3) is 0 Å². The maximum Gasteiger partial charge on any atom is 0.125 e. The smallest absolute Gasteiger partial charge is 0.125 e. The van der Waals surface area contributed by atoms with Crippen LogP contribution in [0.4, 0.5) is 4.39 Å². The van der Waals surface area contributed by atoms with E-state index in [0.29, 0.717) is 16.9 Å². The Hall–Kier alpha value is -1.87. The molecule has 0 heterocycles. The predicted octanol–water partition coefficient (Wildman–Crippen LogP) is 3.69. The van der Waals surface area contributed by atoms with E-state index in [9.17, 15) is 9.50 Å². The number of aliphatic hydroxyl groups is 1. The Labute approximate surface area is 112 Å². The fraction of sp³-hybridized carbons (Fsp3) is 0.250. The summed E-state index contributed by atoms with van der Waals surface area (Å²) < 4.78 is 18.6. The zero-order valence-electron chi connectivity index (χ0n) is 11.0. The summed E-state index contributed by atoms with van der Waals surface area (Å²) in [4.78, 5) is 0. The summed E-state index contributed by atoms with van der Waals surface area (Å²) >= 11 is 0. The van der Waals surface area contributed by atoms with Gasteiger partial charge in [0.2, 0.25) is 0 Å². The van der Waals surface area contributed by atoms with Crippen LogP contribution < -0.4 is 4.74 Å². The zero-order valence-corrected chi connectivity index (χ0v) is 11.0. The van der Waals surface area contributed by atoms with Gasteiger partial charge in [-0.25, -0.2) is 4.39 Å². The first-order valence-corrected chi connectivity index (χ1v) is 6.27. The van der Waals surface area contributed by atoms with Crippen LogP contribution in [0.1, 0.15) is 31.1 Å². The Morgan fingerprint density at radius 3 is 2.26 bits per heavy atom. The fourth-order valence-corrected chi connectivity index (χ4v) is 1.89. The first-order chi connectivity index (χ1) is 9.08. The SMILES string of the molecule is CC(C)Oc1ccccc1C(O)c1ccc(F)cc1. The molecule has 1 unspecified atom stereocenters. The number of para-hydroxylation sites is 1. The molecule has 0 radical (unpaired) electrons. The highest BCUT2D eigenvalue weighted by Crippen LogP contribution is 2.30. The second kappa shape index (κ2) is 5.85. The van der Waals surface area contributed by atoms with Gasteiger partial charge in [-0.15, -0.1) is 0 Å². The Morgan fingerprint density at radius 1 is 1.00 bits per heavy atom. The molecule has 2 aromatic rings. The van der Waals surface area contributed by atoms with Gasteiger partial charge in [0, 0.05) is 5.56 Å². The first-order valence-electron chi connectivity index (χ1n) is 6.27. The topological polar surface area (TPSA) is 29.5 Å². The number of hydrogen-bond donors (Lipinski definition) is 1. The molecular formula is C16H17FO2. The summed E-state index contributed by atoms with van der Waals surface area (Å²) in [6, 6.07) is 13.2. The van der Waals surface area contributed by atoms with Gasteiger partial charge in [-0.1, -0.05) is 30.3 Å². The van der Waals surface area contributed by atoms with E-state index in [2.05, 4.69) is 0 Å². The minimum absolute atomic E-state index is 0.0292. The van der Waals surface area contributed by atoms with Crippen molar-refractivity contribution >= 4 is 0 Å². The van der Waals surface area contributed by atoms with Crippen molar-refractivity contribution in [2.45, 2.75) is 26.1 Å². The highest BCUT2D eigenvalue weighted by molar-refractivity contribution is 5.40. The van der Waals surface area contributed by atoms with Gasteiger partial charge in [0.15, 0.2) is 0 Å². The molecule has 0 fully saturated rings. The first kappa shape index (κ1) is 13.6. The van der Waals surface area contributed by atoms with Crippen molar-refractivity contribution in [3.63, 3.8) is 0 Å². The van der Waals surface area contributed by atoms with Crippen LogP contribution in [-0.2, 0) is 0 Å². The van der Waals surface area contributed by atoms with Gasteiger partial charge >= 0.3 is 0 Å². The number of benzene rings is 2. The lowest BCUT2D eigenvalue weighted by atomic mass is 10.0. The molecule has 0 saturated heterocycles. The summed E-state index contributed by atoms with van der Waals surface area (Å²) in [5, 5.41) is 10.4. The van der Waals surface area contributed by atoms with E-state index in [-0.39, 0.29) is 11.9 Å². The van der Waals surface area contributed by atoms with Gasteiger partial charge in [0.1, 0.15) is 17.7 Å². The lowest BCUT2D eigenvalue weighted by molar-refractivity contribution is 0.198. The molecule has 100 valence electrons. The van der Waals surface area contributed by atoms with Crippen LogP contribution in [0.25, 0.3) is 0 Å². The van der Waals surface area contributed by atoms with Crippen molar-refractivity contribution in [1.29, 1.82) is 0 Å². The molecule has 0 aliphatic heterocycles. The van der Waals surface area contributed by atoms with E-state index in [4.69, 9.17) is 4.74 Å². The van der Waals surface area contributed by atoms with E-state index >= 15 is 0 Å². The molecular weight excluding hydrogens is 243 g/mol. The molecule has 0 saturated carbocycles. The number of halogens is 1. The molecule has 0 aliphatic rings. The Balaban J connectivity index is 2.32. The molecule has 3 heteroatoms. The second-order valence-electron chi connectivity index (χ2n) is 4.66. The predicted molar refractivity (Wildman–Crippen MR) is 72.7 cm³/mol. The number of hydrogen-bond acceptors (Lipinski definition) is 2. The maximum absolute atomic E-state index is 12.9. The van der Waals surface area contributed by atoms with Gasteiger partial charge in [-0.3, -0.25) is 0 Å². The molecule has 2 nitrogen and oxygen atoms in total. The molecule has 19 heavy (non-hydrogen) atoms. The average Bonchev–Trinajstić information content (AvgIpc) is 2.39. The van der Waals surface area contributed by atoms with Crippen LogP contribution in [0.2, 0.25) is 0 Å². The van der Waals surface area contributed by atoms with Gasteiger partial charge in [-0.05, 0) is 37.6 Å². The van der Waals surface area contributed by atoms with E-state index in [1.807, 2.05) is 38.1 Å². The van der Waals surface area contributed by atoms with Crippen LogP contribution in [0, 0.1) is 5.82 Å². The summed E-state index contributed by atoms with van der Waals surface area (Å²) in [6.07, 6.45) is -0.794. The second-order valence-corrected chi connectivity index (χ2v) is 4.66. The lowest BCUT2D eigenvalue weighted by Gasteiger charge is -2.18.